The first-order valence-corrected chi connectivity index (χ1v) is 8.91. The van der Waals surface area contributed by atoms with Crippen LogP contribution in [0.2, 0.25) is 0 Å². The summed E-state index contributed by atoms with van der Waals surface area (Å²) in [5.74, 6) is 0.561. The van der Waals surface area contributed by atoms with E-state index in [1.54, 1.807) is 30.2 Å². The molecule has 0 bridgehead atoms. The summed E-state index contributed by atoms with van der Waals surface area (Å²) >= 11 is 0. The molecule has 0 radical (unpaired) electrons. The van der Waals surface area contributed by atoms with Gasteiger partial charge in [0.05, 0.1) is 7.11 Å². The van der Waals surface area contributed by atoms with Crippen molar-refractivity contribution < 1.29 is 14.3 Å². The second kappa shape index (κ2) is 10.2. The van der Waals surface area contributed by atoms with Gasteiger partial charge in [-0.05, 0) is 36.8 Å². The molecule has 0 heterocycles. The summed E-state index contributed by atoms with van der Waals surface area (Å²) in [5.41, 5.74) is 1.59. The first-order valence-electron chi connectivity index (χ1n) is 8.91. The summed E-state index contributed by atoms with van der Waals surface area (Å²) < 4.78 is 5.16. The molecule has 0 fully saturated rings. The smallest absolute Gasteiger partial charge is 0.251 e. The lowest BCUT2D eigenvalue weighted by Crippen LogP contribution is -2.39. The quantitative estimate of drug-likeness (QED) is 0.692. The van der Waals surface area contributed by atoms with E-state index in [-0.39, 0.29) is 24.3 Å². The summed E-state index contributed by atoms with van der Waals surface area (Å²) in [6.45, 7) is 6.50. The number of methoxy groups -OCH3 is 1. The molecule has 27 heavy (non-hydrogen) atoms. The van der Waals surface area contributed by atoms with Gasteiger partial charge in [0.2, 0.25) is 5.91 Å². The van der Waals surface area contributed by atoms with Crippen LogP contribution in [0.25, 0.3) is 0 Å². The van der Waals surface area contributed by atoms with Crippen LogP contribution in [0.15, 0.2) is 67.3 Å². The molecule has 2 aromatic rings. The average Bonchev–Trinajstić information content (AvgIpc) is 2.68. The number of nitrogens with one attached hydrogen (secondary N) is 1. The predicted octanol–water partition coefficient (Wildman–Crippen LogP) is 3.42. The number of carbonyl (C=O) groups excluding carboxylic acids is 2. The van der Waals surface area contributed by atoms with E-state index in [1.165, 1.54) is 0 Å². The van der Waals surface area contributed by atoms with Gasteiger partial charge in [-0.2, -0.15) is 0 Å². The van der Waals surface area contributed by atoms with E-state index in [0.717, 1.165) is 11.3 Å². The van der Waals surface area contributed by atoms with Gasteiger partial charge in [-0.3, -0.25) is 9.59 Å². The number of benzene rings is 2. The maximum absolute atomic E-state index is 12.7. The maximum atomic E-state index is 12.7. The first kappa shape index (κ1) is 20.2. The molecule has 1 N–H and O–H groups in total. The van der Waals surface area contributed by atoms with Crippen LogP contribution in [0.1, 0.15) is 29.3 Å². The van der Waals surface area contributed by atoms with E-state index in [1.807, 2.05) is 49.4 Å². The highest BCUT2D eigenvalue weighted by Crippen LogP contribution is 2.14. The SMILES string of the molecule is C=CCN(Cc1ccc(OC)cc1)C(=O)CC(C)NC(=O)c1ccccc1. The number of nitrogens with zero attached hydrogens (tertiary/aromatic N) is 1. The van der Waals surface area contributed by atoms with Crippen molar-refractivity contribution in [3.05, 3.63) is 78.4 Å². The Bertz CT molecular complexity index is 757. The number of carbonyl (C=O) groups is 2. The molecule has 2 rings (SSSR count). The summed E-state index contributed by atoms with van der Waals surface area (Å²) in [7, 11) is 1.62. The molecular weight excluding hydrogens is 340 g/mol. The van der Waals surface area contributed by atoms with Gasteiger partial charge >= 0.3 is 0 Å². The normalized spacial score (nSPS) is 11.3. The lowest BCUT2D eigenvalue weighted by Gasteiger charge is -2.23. The van der Waals surface area contributed by atoms with Crippen LogP contribution < -0.4 is 10.1 Å². The van der Waals surface area contributed by atoms with Crippen LogP contribution in [0.4, 0.5) is 0 Å². The van der Waals surface area contributed by atoms with E-state index in [2.05, 4.69) is 11.9 Å². The third kappa shape index (κ3) is 6.29. The van der Waals surface area contributed by atoms with Crippen molar-refractivity contribution in [3.63, 3.8) is 0 Å². The van der Waals surface area contributed by atoms with Crippen molar-refractivity contribution in [2.24, 2.45) is 0 Å². The number of rotatable bonds is 9. The molecule has 0 saturated carbocycles. The Morgan fingerprint density at radius 3 is 2.41 bits per heavy atom. The molecule has 1 atom stereocenters. The molecule has 0 aliphatic rings. The Morgan fingerprint density at radius 1 is 1.15 bits per heavy atom. The van der Waals surface area contributed by atoms with Crippen LogP contribution in [-0.2, 0) is 11.3 Å². The van der Waals surface area contributed by atoms with Crippen molar-refractivity contribution in [3.8, 4) is 5.75 Å². The fourth-order valence-corrected chi connectivity index (χ4v) is 2.70. The lowest BCUT2D eigenvalue weighted by molar-refractivity contribution is -0.131. The molecule has 0 aliphatic heterocycles. The van der Waals surface area contributed by atoms with Gasteiger partial charge in [-0.1, -0.05) is 36.4 Å². The lowest BCUT2D eigenvalue weighted by atomic mass is 10.1. The molecule has 1 unspecified atom stereocenters. The third-order valence-electron chi connectivity index (χ3n) is 4.13. The van der Waals surface area contributed by atoms with Crippen LogP contribution in [0, 0.1) is 0 Å². The molecule has 0 spiro atoms. The van der Waals surface area contributed by atoms with Crippen molar-refractivity contribution >= 4 is 11.8 Å². The van der Waals surface area contributed by atoms with Gasteiger partial charge < -0.3 is 15.0 Å². The fourth-order valence-electron chi connectivity index (χ4n) is 2.70. The molecule has 0 aliphatic carbocycles. The standard InChI is InChI=1S/C22H26N2O3/c1-4-14-24(16-18-10-12-20(27-3)13-11-18)21(25)15-17(2)23-22(26)19-8-6-5-7-9-19/h4-13,17H,1,14-16H2,2-3H3,(H,23,26). The summed E-state index contributed by atoms with van der Waals surface area (Å²) in [4.78, 5) is 26.6. The molecule has 0 saturated heterocycles. The zero-order valence-corrected chi connectivity index (χ0v) is 15.9. The van der Waals surface area contributed by atoms with Crippen LogP contribution in [-0.4, -0.2) is 36.4 Å². The highest BCUT2D eigenvalue weighted by atomic mass is 16.5. The van der Waals surface area contributed by atoms with E-state index in [4.69, 9.17) is 4.74 Å². The Kier molecular flexibility index (Phi) is 7.62. The zero-order valence-electron chi connectivity index (χ0n) is 15.9. The van der Waals surface area contributed by atoms with E-state index >= 15 is 0 Å². The summed E-state index contributed by atoms with van der Waals surface area (Å²) in [6.07, 6.45) is 1.93. The van der Waals surface area contributed by atoms with Crippen LogP contribution >= 0.6 is 0 Å². The Morgan fingerprint density at radius 2 is 1.81 bits per heavy atom. The zero-order chi connectivity index (χ0) is 19.6. The van der Waals surface area contributed by atoms with Gasteiger partial charge in [0.1, 0.15) is 5.75 Å². The van der Waals surface area contributed by atoms with E-state index in [0.29, 0.717) is 18.7 Å². The minimum Gasteiger partial charge on any atom is -0.497 e. The monoisotopic (exact) mass is 366 g/mol. The van der Waals surface area contributed by atoms with Gasteiger partial charge in [0.25, 0.3) is 5.91 Å². The highest BCUT2D eigenvalue weighted by molar-refractivity contribution is 5.94. The average molecular weight is 366 g/mol. The summed E-state index contributed by atoms with van der Waals surface area (Å²) in [6, 6.07) is 16.3. The largest absolute Gasteiger partial charge is 0.497 e. The molecule has 5 heteroatoms. The fraction of sp³-hybridized carbons (Fsp3) is 0.273. The van der Waals surface area contributed by atoms with E-state index < -0.39 is 0 Å². The van der Waals surface area contributed by atoms with Crippen molar-refractivity contribution in [1.82, 2.24) is 10.2 Å². The second-order valence-electron chi connectivity index (χ2n) is 6.36. The molecule has 142 valence electrons. The van der Waals surface area contributed by atoms with Crippen LogP contribution in [0.3, 0.4) is 0 Å². The van der Waals surface area contributed by atoms with Crippen molar-refractivity contribution in [2.45, 2.75) is 25.9 Å². The topological polar surface area (TPSA) is 58.6 Å². The molecule has 2 amide bonds. The third-order valence-corrected chi connectivity index (χ3v) is 4.13. The maximum Gasteiger partial charge on any atom is 0.251 e. The van der Waals surface area contributed by atoms with Gasteiger partial charge in [-0.15, -0.1) is 6.58 Å². The van der Waals surface area contributed by atoms with Gasteiger partial charge in [0, 0.05) is 31.1 Å². The number of ether oxygens (including phenoxy) is 1. The molecule has 5 nitrogen and oxygen atoms in total. The summed E-state index contributed by atoms with van der Waals surface area (Å²) in [5, 5.41) is 2.87. The second-order valence-corrected chi connectivity index (χ2v) is 6.36. The Hall–Kier alpha value is -3.08. The number of hydrogen-bond acceptors (Lipinski definition) is 3. The molecule has 2 aromatic carbocycles. The van der Waals surface area contributed by atoms with E-state index in [9.17, 15) is 9.59 Å². The first-order chi connectivity index (χ1) is 13.0. The van der Waals surface area contributed by atoms with Gasteiger partial charge in [-0.25, -0.2) is 0 Å². The number of hydrogen-bond donors (Lipinski definition) is 1. The van der Waals surface area contributed by atoms with Gasteiger partial charge in [0.15, 0.2) is 0 Å². The minimum atomic E-state index is -0.270. The Balaban J connectivity index is 1.94. The van der Waals surface area contributed by atoms with Crippen molar-refractivity contribution in [2.75, 3.05) is 13.7 Å². The Labute approximate surface area is 160 Å². The molecular formula is C22H26N2O3. The van der Waals surface area contributed by atoms with Crippen molar-refractivity contribution in [1.29, 1.82) is 0 Å². The minimum absolute atomic E-state index is 0.0356. The highest BCUT2D eigenvalue weighted by Gasteiger charge is 2.18. The number of amides is 2. The molecule has 0 aromatic heterocycles. The predicted molar refractivity (Wildman–Crippen MR) is 107 cm³/mol. The van der Waals surface area contributed by atoms with Crippen LogP contribution in [0.5, 0.6) is 5.75 Å².